The predicted molar refractivity (Wildman–Crippen MR) is 430 cm³/mol. The number of hydrogen-bond acceptors (Lipinski definition) is 24. The molecule has 1 aliphatic rings. The summed E-state index contributed by atoms with van der Waals surface area (Å²) < 4.78 is 29.4. The van der Waals surface area contributed by atoms with Crippen LogP contribution in [0.25, 0.3) is 0 Å². The summed E-state index contributed by atoms with van der Waals surface area (Å²) in [6.45, 7) is 7.17. The molecule has 1 aliphatic heterocycles. The molecule has 1 aromatic carbocycles. The number of nitrogens with zero attached hydrogens (tertiary/aromatic N) is 4. The van der Waals surface area contributed by atoms with Crippen LogP contribution in [-0.2, 0) is 95.1 Å². The van der Waals surface area contributed by atoms with Crippen molar-refractivity contribution < 1.29 is 95.6 Å². The highest BCUT2D eigenvalue weighted by atomic mass is 32.2. The van der Waals surface area contributed by atoms with E-state index in [1.165, 1.54) is 47.9 Å². The number of amides is 6. The molecule has 37 nitrogen and oxygen atoms in total. The van der Waals surface area contributed by atoms with Gasteiger partial charge in [-0.05, 0) is 139 Å². The monoisotopic (exact) mass is 1660 g/mol. The zero-order chi connectivity index (χ0) is 86.1. The number of Topliss-reactive ketones (excluding diaryl/α,β-unsaturated/α-hetero) is 7. The number of carbonyl (C=O) groups is 13. The predicted octanol–water partition coefficient (Wildman–Crippen LogP) is -0.214. The number of imidazole rings is 1. The van der Waals surface area contributed by atoms with Crippen molar-refractivity contribution in [2.75, 3.05) is 57.9 Å². The lowest BCUT2D eigenvalue weighted by Gasteiger charge is -2.30. The number of nitrogens with two attached hydrogens (primary N) is 7. The van der Waals surface area contributed by atoms with Gasteiger partial charge in [0.1, 0.15) is 35.4 Å². The third-order valence-electron chi connectivity index (χ3n) is 20.5. The highest BCUT2D eigenvalue weighted by Gasteiger charge is 2.41. The van der Waals surface area contributed by atoms with Gasteiger partial charge in [0.2, 0.25) is 35.4 Å². The Labute approximate surface area is 674 Å². The highest BCUT2D eigenvalue weighted by molar-refractivity contribution is 7.84. The Hall–Kier alpha value is -8.62. The normalized spacial score (nSPS) is 16.3. The van der Waals surface area contributed by atoms with Crippen LogP contribution in [0.2, 0.25) is 0 Å². The number of hydrogen-bond donors (Lipinski definition) is 17. The number of aliphatic hydroxyl groups excluding tert-OH is 1. The molecule has 0 bridgehead atoms. The van der Waals surface area contributed by atoms with Crippen molar-refractivity contribution in [1.82, 2.24) is 41.5 Å². The quantitative estimate of drug-likeness (QED) is 0.0176. The van der Waals surface area contributed by atoms with Crippen molar-refractivity contribution in [1.29, 1.82) is 0 Å². The number of phenols is 1. The number of aromatic nitrogens is 2. The molecule has 24 N–H and O–H groups in total. The Morgan fingerprint density at radius 2 is 1.18 bits per heavy atom. The number of guanidine groups is 2. The van der Waals surface area contributed by atoms with Crippen molar-refractivity contribution in [3.8, 4) is 5.75 Å². The Morgan fingerprint density at radius 3 is 1.75 bits per heavy atom. The van der Waals surface area contributed by atoms with Gasteiger partial charge in [-0.3, -0.25) is 81.0 Å². The minimum atomic E-state index is -5.38. The Balaban J connectivity index is 1.94. The number of rotatable bonds is 61. The zero-order valence-electron chi connectivity index (χ0n) is 67.2. The largest absolute Gasteiger partial charge is 0.508 e. The molecule has 39 heteroatoms. The van der Waals surface area contributed by atoms with Gasteiger partial charge in [-0.25, -0.2) is 9.55 Å². The number of likely N-dealkylation sites (tertiary alicyclic amines) is 1. The second kappa shape index (κ2) is 52.9. The molecule has 1 fully saturated rings. The van der Waals surface area contributed by atoms with Crippen LogP contribution in [-0.4, -0.2) is 227 Å². The Kier molecular flexibility index (Phi) is 46.2. The van der Waals surface area contributed by atoms with E-state index < -0.39 is 206 Å². The van der Waals surface area contributed by atoms with Gasteiger partial charge in [-0.1, -0.05) is 53.2 Å². The van der Waals surface area contributed by atoms with Crippen LogP contribution in [0, 0.1) is 41.4 Å². The number of phenolic OH excluding ortho intramolecular Hbond substituents is 1. The van der Waals surface area contributed by atoms with Gasteiger partial charge >= 0.3 is 7.82 Å². The number of phosphoric ester groups is 1. The molecule has 2 aromatic rings. The average Bonchev–Trinajstić information content (AvgIpc) is 1.71. The maximum Gasteiger partial charge on any atom is 0.469 e. The SMILES string of the molecule is CCC(=O)[C@H](CCCN=C(N)N)NC(=O)[C@@H]1CCCN1C(=O)[C@H](CCCCN)NC(=O)CCC(=O)[C@H](COP(=O)(O)O)NC(=O)[C@H](CCCN=C(N)N)CC(=O)[C@H](CCCCN)NC(=O)[C@H](CO)CC(=O)[C@H](Cc1ccc(O)cc1)NC(=O)[C@@H](CC(=O)[C@H](CCS(C)=O)CC(=O)[C@@H](CC(=O)[C@@H](N)[C@@H](C)CC)Cc1cnc[nH]1)C(C)C. The summed E-state index contributed by atoms with van der Waals surface area (Å²) in [5, 5.41) is 34.2. The van der Waals surface area contributed by atoms with Crippen LogP contribution >= 0.6 is 7.82 Å². The van der Waals surface area contributed by atoms with Crippen LogP contribution in [0.3, 0.4) is 0 Å². The van der Waals surface area contributed by atoms with Crippen LogP contribution in [0.15, 0.2) is 46.8 Å². The van der Waals surface area contributed by atoms with Crippen LogP contribution in [0.5, 0.6) is 5.75 Å². The summed E-state index contributed by atoms with van der Waals surface area (Å²) in [6.07, 6.45) is 3.39. The smallest absolute Gasteiger partial charge is 0.469 e. The summed E-state index contributed by atoms with van der Waals surface area (Å²) in [4.78, 5) is 221. The topological polar surface area (TPSA) is 645 Å². The molecule has 646 valence electrons. The third kappa shape index (κ3) is 37.9. The molecule has 6 amide bonds. The lowest BCUT2D eigenvalue weighted by Crippen LogP contribution is -2.55. The van der Waals surface area contributed by atoms with Gasteiger partial charge in [-0.15, -0.1) is 0 Å². The van der Waals surface area contributed by atoms with E-state index >= 15 is 0 Å². The van der Waals surface area contributed by atoms with E-state index in [-0.39, 0.29) is 157 Å². The fourth-order valence-corrected chi connectivity index (χ4v) is 14.3. The molecular weight excluding hydrogens is 1530 g/mol. The molecule has 1 aromatic heterocycles. The summed E-state index contributed by atoms with van der Waals surface area (Å²) in [7, 11) is -6.79. The number of aromatic amines is 1. The zero-order valence-corrected chi connectivity index (χ0v) is 68.9. The molecule has 0 radical (unpaired) electrons. The summed E-state index contributed by atoms with van der Waals surface area (Å²) in [5.74, 6) is -16.5. The van der Waals surface area contributed by atoms with E-state index in [2.05, 4.69) is 46.5 Å². The Morgan fingerprint density at radius 1 is 0.635 bits per heavy atom. The van der Waals surface area contributed by atoms with Gasteiger partial charge in [0.05, 0.1) is 49.6 Å². The second-order valence-electron chi connectivity index (χ2n) is 29.9. The first kappa shape index (κ1) is 101. The second-order valence-corrected chi connectivity index (χ2v) is 32.7. The van der Waals surface area contributed by atoms with E-state index in [0.29, 0.717) is 49.8 Å². The van der Waals surface area contributed by atoms with Gasteiger partial charge in [0, 0.05) is 129 Å². The fraction of sp³-hybridized carbons (Fsp3) is 0.684. The number of phosphoric acid groups is 1. The maximum absolute atomic E-state index is 14.8. The number of aromatic hydroxyl groups is 1. The molecular formula is C76H126N17O20PS. The standard InChI is InChI=1S/C76H126N17O20PS/c1-7-46(5)69(79)67(102)38-50(35-52-41-84-44-87-52)63(98)36-48(27-33-115(6)112)64(99)40-54(45(3)4)72(106)91-58(34-47-21-23-53(95)24-22-47)66(101)39-51(42-94)71(105)89-56(17-9-11-28-77)65(100)37-49(16-13-30-85-75(80)81)70(104)92-59(43-113-114(109,110)111)62(97)25-26-68(103)88-57(18-10-12-29-78)74(108)93-32-15-20-60(93)73(107)90-55(61(96)8-2)19-14-31-86-76(82)83/h21-24,41,44-46,48-51,54-60,69,94-95H,7-20,25-40,42-43,77-79H2,1-6H3,(H,84,87)(H,88,103)(H,89,105)(H,90,107)(H,91,106)(H,92,104)(H4,80,81,85)(H4,82,83,86)(H2,109,110,111)/t46-,48+,49+,50+,51-,54-,55-,56-,57-,58-,59-,60-,69-,115?/m0/s1. The van der Waals surface area contributed by atoms with Crippen LogP contribution in [0.1, 0.15) is 187 Å². The summed E-state index contributed by atoms with van der Waals surface area (Å²) in [6, 6.07) is -3.17. The molecule has 3 rings (SSSR count). The van der Waals surface area contributed by atoms with Gasteiger partial charge < -0.3 is 96.6 Å². The molecule has 2 heterocycles. The average molecular weight is 1660 g/mol. The number of unbranched alkanes of at least 4 members (excludes halogenated alkanes) is 2. The minimum absolute atomic E-state index is 0.00756. The molecule has 1 saturated heterocycles. The number of H-pyrrole nitrogens is 1. The number of nitrogens with one attached hydrogen (secondary N) is 6. The third-order valence-corrected chi connectivity index (χ3v) is 21.8. The molecule has 1 unspecified atom stereocenters. The fourth-order valence-electron chi connectivity index (χ4n) is 13.3. The molecule has 14 atom stereocenters. The summed E-state index contributed by atoms with van der Waals surface area (Å²) >= 11 is 0. The number of ketones is 7. The van der Waals surface area contributed by atoms with E-state index in [9.17, 15) is 91.1 Å². The van der Waals surface area contributed by atoms with Crippen molar-refractivity contribution >= 4 is 106 Å². The van der Waals surface area contributed by atoms with Crippen molar-refractivity contribution in [2.45, 2.75) is 231 Å². The van der Waals surface area contributed by atoms with Crippen molar-refractivity contribution in [3.63, 3.8) is 0 Å². The Bertz CT molecular complexity index is 3630. The lowest BCUT2D eigenvalue weighted by molar-refractivity contribution is -0.142. The van der Waals surface area contributed by atoms with Crippen molar-refractivity contribution in [3.05, 3.63) is 48.0 Å². The van der Waals surface area contributed by atoms with E-state index in [1.807, 2.05) is 13.8 Å². The van der Waals surface area contributed by atoms with E-state index in [0.717, 1.165) is 0 Å². The van der Waals surface area contributed by atoms with Crippen LogP contribution in [0.4, 0.5) is 0 Å². The first-order valence-corrected chi connectivity index (χ1v) is 42.8. The molecule has 0 spiro atoms. The number of aliphatic hydroxyl groups is 1. The molecule has 0 aliphatic carbocycles. The molecule has 0 saturated carbocycles. The maximum atomic E-state index is 14.8. The van der Waals surface area contributed by atoms with Gasteiger partial charge in [-0.2, -0.15) is 0 Å². The summed E-state index contributed by atoms with van der Waals surface area (Å²) in [5.41, 5.74) is 40.9. The number of carbonyl (C=O) groups excluding carboxylic acids is 13. The van der Waals surface area contributed by atoms with Crippen LogP contribution < -0.4 is 66.7 Å². The van der Waals surface area contributed by atoms with E-state index in [1.54, 1.807) is 20.8 Å². The number of benzene rings is 1. The number of aliphatic imine (C=N–C) groups is 2. The molecule has 115 heavy (non-hydrogen) atoms. The van der Waals surface area contributed by atoms with Gasteiger partial charge in [0.25, 0.3) is 0 Å². The van der Waals surface area contributed by atoms with Crippen molar-refractivity contribution in [2.24, 2.45) is 91.5 Å². The van der Waals surface area contributed by atoms with Gasteiger partial charge in [0.15, 0.2) is 40.8 Å². The first-order chi connectivity index (χ1) is 54.4. The lowest BCUT2D eigenvalue weighted by atomic mass is 9.80. The first-order valence-electron chi connectivity index (χ1n) is 39.5. The minimum Gasteiger partial charge on any atom is -0.508 e. The van der Waals surface area contributed by atoms with E-state index in [4.69, 9.17) is 44.7 Å². The highest BCUT2D eigenvalue weighted by Crippen LogP contribution is 2.36.